The summed E-state index contributed by atoms with van der Waals surface area (Å²) in [5.41, 5.74) is 4.79. The lowest BCUT2D eigenvalue weighted by molar-refractivity contribution is -0.137. The Kier molecular flexibility index (Phi) is 8.09. The van der Waals surface area contributed by atoms with E-state index >= 15 is 0 Å². The van der Waals surface area contributed by atoms with E-state index < -0.39 is 5.97 Å². The molecule has 0 bridgehead atoms. The van der Waals surface area contributed by atoms with Gasteiger partial charge in [-0.3, -0.25) is 15.0 Å². The Morgan fingerprint density at radius 3 is 2.50 bits per heavy atom. The van der Waals surface area contributed by atoms with Crippen LogP contribution >= 0.6 is 0 Å². The van der Waals surface area contributed by atoms with Crippen molar-refractivity contribution in [1.82, 2.24) is 9.88 Å². The molecule has 0 spiro atoms. The summed E-state index contributed by atoms with van der Waals surface area (Å²) in [6.45, 7) is 12.8. The van der Waals surface area contributed by atoms with Crippen LogP contribution in [0.4, 0.5) is 5.69 Å². The van der Waals surface area contributed by atoms with Crippen molar-refractivity contribution >= 4 is 23.3 Å². The van der Waals surface area contributed by atoms with Crippen LogP contribution in [-0.2, 0) is 16.8 Å². The van der Waals surface area contributed by atoms with Gasteiger partial charge in [0, 0.05) is 54.4 Å². The lowest BCUT2D eigenvalue weighted by Crippen LogP contribution is -2.31. The van der Waals surface area contributed by atoms with Crippen LogP contribution in [0.3, 0.4) is 0 Å². The van der Waals surface area contributed by atoms with Crippen LogP contribution in [0.5, 0.6) is 5.75 Å². The second-order valence-corrected chi connectivity index (χ2v) is 11.3. The molecule has 0 atom stereocenters. The molecule has 8 nitrogen and oxygen atoms in total. The fourth-order valence-electron chi connectivity index (χ4n) is 4.96. The number of rotatable bonds is 12. The molecule has 0 unspecified atom stereocenters. The van der Waals surface area contributed by atoms with Crippen molar-refractivity contribution < 1.29 is 19.4 Å². The minimum Gasteiger partial charge on any atom is -0.491 e. The molecular weight excluding hydrogens is 480 g/mol. The summed E-state index contributed by atoms with van der Waals surface area (Å²) in [7, 11) is 0. The monoisotopic (exact) mass is 520 g/mol. The molecule has 0 amide bonds. The van der Waals surface area contributed by atoms with Crippen molar-refractivity contribution in [1.29, 1.82) is 5.41 Å². The second-order valence-electron chi connectivity index (χ2n) is 11.3. The number of nitrogens with one attached hydrogen (secondary N) is 1. The van der Waals surface area contributed by atoms with E-state index in [4.69, 9.17) is 20.2 Å². The van der Waals surface area contributed by atoms with E-state index in [1.54, 1.807) is 4.90 Å². The first-order valence-electron chi connectivity index (χ1n) is 13.7. The number of benzene rings is 1. The van der Waals surface area contributed by atoms with Crippen LogP contribution < -0.4 is 9.64 Å². The van der Waals surface area contributed by atoms with E-state index in [-0.39, 0.29) is 30.8 Å². The highest BCUT2D eigenvalue weighted by atomic mass is 16.5. The summed E-state index contributed by atoms with van der Waals surface area (Å²) in [4.78, 5) is 33.4. The molecule has 1 saturated carbocycles. The van der Waals surface area contributed by atoms with Crippen molar-refractivity contribution in [3.8, 4) is 5.75 Å². The first-order chi connectivity index (χ1) is 18.0. The SMILES string of the molecule is CCN(CC)c1cc(C(=O)CN2Cc3ccc(C4CC4)nc3C2=N)cc(C(C)(C)C)c1OCCCC(=O)O. The molecule has 0 radical (unpaired) electrons. The van der Waals surface area contributed by atoms with Crippen molar-refractivity contribution in [3.63, 3.8) is 0 Å². The maximum atomic E-state index is 13.7. The predicted molar refractivity (Wildman–Crippen MR) is 149 cm³/mol. The molecule has 2 aliphatic rings. The molecule has 1 aliphatic heterocycles. The average Bonchev–Trinajstić information content (AvgIpc) is 3.67. The van der Waals surface area contributed by atoms with Crippen LogP contribution in [0.15, 0.2) is 24.3 Å². The summed E-state index contributed by atoms with van der Waals surface area (Å²) in [6, 6.07) is 7.93. The summed E-state index contributed by atoms with van der Waals surface area (Å²) in [5.74, 6) is 0.642. The van der Waals surface area contributed by atoms with Gasteiger partial charge in [-0.1, -0.05) is 26.8 Å². The second kappa shape index (κ2) is 11.1. The van der Waals surface area contributed by atoms with Gasteiger partial charge < -0.3 is 19.6 Å². The van der Waals surface area contributed by atoms with E-state index in [2.05, 4.69) is 51.7 Å². The first-order valence-corrected chi connectivity index (χ1v) is 13.7. The summed E-state index contributed by atoms with van der Waals surface area (Å²) in [6.07, 6.45) is 2.77. The van der Waals surface area contributed by atoms with Gasteiger partial charge in [-0.05, 0) is 56.7 Å². The highest BCUT2D eigenvalue weighted by Gasteiger charge is 2.32. The Balaban J connectivity index is 1.62. The predicted octanol–water partition coefficient (Wildman–Crippen LogP) is 5.37. The number of fused-ring (bicyclic) bond motifs is 1. The third-order valence-corrected chi connectivity index (χ3v) is 7.32. The zero-order chi connectivity index (χ0) is 27.6. The lowest BCUT2D eigenvalue weighted by atomic mass is 9.84. The summed E-state index contributed by atoms with van der Waals surface area (Å²) < 4.78 is 6.22. The Hall–Kier alpha value is -3.42. The van der Waals surface area contributed by atoms with E-state index in [0.29, 0.717) is 41.7 Å². The third-order valence-electron chi connectivity index (χ3n) is 7.32. The summed E-state index contributed by atoms with van der Waals surface area (Å²) in [5, 5.41) is 17.7. The Morgan fingerprint density at radius 2 is 1.89 bits per heavy atom. The number of pyridine rings is 1. The van der Waals surface area contributed by atoms with E-state index in [1.165, 1.54) is 0 Å². The highest BCUT2D eigenvalue weighted by Crippen LogP contribution is 2.41. The molecule has 2 N–H and O–H groups in total. The van der Waals surface area contributed by atoms with Crippen LogP contribution in [0, 0.1) is 5.41 Å². The number of amidine groups is 1. The third kappa shape index (κ3) is 6.00. The molecule has 1 aromatic heterocycles. The molecule has 204 valence electrons. The number of Topliss-reactive ketones (excluding diaryl/α,β-unsaturated/α-hetero) is 1. The number of nitrogens with zero attached hydrogens (tertiary/aromatic N) is 3. The molecule has 0 saturated heterocycles. The molecule has 8 heteroatoms. The molecule has 38 heavy (non-hydrogen) atoms. The van der Waals surface area contributed by atoms with Crippen molar-refractivity contribution in [2.45, 2.75) is 78.2 Å². The smallest absolute Gasteiger partial charge is 0.303 e. The number of carboxylic acid groups (broad SMARTS) is 1. The van der Waals surface area contributed by atoms with Gasteiger partial charge in [-0.2, -0.15) is 0 Å². The first kappa shape index (κ1) is 27.6. The van der Waals surface area contributed by atoms with Gasteiger partial charge in [0.05, 0.1) is 18.8 Å². The molecule has 2 aromatic rings. The number of ether oxygens (including phenoxy) is 1. The zero-order valence-electron chi connectivity index (χ0n) is 23.3. The number of hydrogen-bond acceptors (Lipinski definition) is 6. The van der Waals surface area contributed by atoms with E-state index in [9.17, 15) is 9.59 Å². The van der Waals surface area contributed by atoms with Gasteiger partial charge in [0.25, 0.3) is 0 Å². The minimum atomic E-state index is -0.844. The quantitative estimate of drug-likeness (QED) is 0.286. The normalized spacial score (nSPS) is 15.0. The number of aliphatic carboxylic acids is 1. The van der Waals surface area contributed by atoms with E-state index in [1.807, 2.05) is 12.1 Å². The number of hydrogen-bond donors (Lipinski definition) is 2. The van der Waals surface area contributed by atoms with E-state index in [0.717, 1.165) is 48.4 Å². The standard InChI is InChI=1S/C30H40N4O4/c1-6-33(7-2)24-16-21(15-22(30(3,4)5)28(24)38-14-8-9-26(36)37)25(35)18-34-17-20-12-13-23(19-10-11-19)32-27(20)29(34)31/h12-13,15-16,19,31H,6-11,14,17-18H2,1-5H3,(H,36,37). The number of aromatic nitrogens is 1. The Morgan fingerprint density at radius 1 is 1.18 bits per heavy atom. The van der Waals surface area contributed by atoms with Gasteiger partial charge in [0.15, 0.2) is 5.78 Å². The van der Waals surface area contributed by atoms with Crippen molar-refractivity contribution in [2.24, 2.45) is 0 Å². The topological polar surface area (TPSA) is 107 Å². The summed E-state index contributed by atoms with van der Waals surface area (Å²) >= 11 is 0. The zero-order valence-corrected chi connectivity index (χ0v) is 23.3. The molecule has 2 heterocycles. The van der Waals surface area contributed by atoms with Crippen LogP contribution in [0.1, 0.15) is 99.1 Å². The van der Waals surface area contributed by atoms with Crippen molar-refractivity contribution in [3.05, 3.63) is 52.3 Å². The van der Waals surface area contributed by atoms with Gasteiger partial charge in [-0.25, -0.2) is 4.98 Å². The highest BCUT2D eigenvalue weighted by molar-refractivity contribution is 6.05. The number of carbonyl (C=O) groups is 2. The van der Waals surface area contributed by atoms with Gasteiger partial charge in [0.2, 0.25) is 0 Å². The van der Waals surface area contributed by atoms with Gasteiger partial charge >= 0.3 is 5.97 Å². The largest absolute Gasteiger partial charge is 0.491 e. The van der Waals surface area contributed by atoms with Crippen LogP contribution in [0.25, 0.3) is 0 Å². The maximum absolute atomic E-state index is 13.7. The van der Waals surface area contributed by atoms with Crippen molar-refractivity contribution in [2.75, 3.05) is 31.1 Å². The van der Waals surface area contributed by atoms with Gasteiger partial charge in [-0.15, -0.1) is 0 Å². The number of carboxylic acids is 1. The molecule has 4 rings (SSSR count). The van der Waals surface area contributed by atoms with Gasteiger partial charge in [0.1, 0.15) is 17.3 Å². The molecule has 1 aliphatic carbocycles. The Bertz CT molecular complexity index is 1230. The molecule has 1 fully saturated rings. The Labute approximate surface area is 225 Å². The number of carbonyl (C=O) groups excluding carboxylic acids is 1. The lowest BCUT2D eigenvalue weighted by Gasteiger charge is -2.31. The average molecular weight is 521 g/mol. The maximum Gasteiger partial charge on any atom is 0.303 e. The molecule has 1 aromatic carbocycles. The number of anilines is 1. The fourth-order valence-corrected chi connectivity index (χ4v) is 4.96. The molecular formula is C30H40N4O4. The fraction of sp³-hybridized carbons (Fsp3) is 0.533. The van der Waals surface area contributed by atoms with Crippen LogP contribution in [-0.4, -0.2) is 58.8 Å². The van der Waals surface area contributed by atoms with Crippen LogP contribution in [0.2, 0.25) is 0 Å². The number of ketones is 1. The minimum absolute atomic E-state index is 0.0449.